The first-order valence-electron chi connectivity index (χ1n) is 5.94. The van der Waals surface area contributed by atoms with Gasteiger partial charge >= 0.3 is 0 Å². The fraction of sp³-hybridized carbons (Fsp3) is 0.462. The average Bonchev–Trinajstić information content (AvgIpc) is 2.84. The van der Waals surface area contributed by atoms with Crippen LogP contribution in [0, 0.1) is 0 Å². The maximum absolute atomic E-state index is 11.2. The van der Waals surface area contributed by atoms with Crippen molar-refractivity contribution in [1.82, 2.24) is 10.2 Å². The third kappa shape index (κ3) is 3.68. The largest absolute Gasteiger partial charge is 0.350 e. The lowest BCUT2D eigenvalue weighted by atomic mass is 10.0. The zero-order chi connectivity index (χ0) is 12.1. The van der Waals surface area contributed by atoms with E-state index in [1.54, 1.807) is 11.3 Å². The molecule has 0 bridgehead atoms. The van der Waals surface area contributed by atoms with Crippen molar-refractivity contribution in [2.45, 2.75) is 25.4 Å². The smallest absolute Gasteiger partial charge is 0.243 e. The highest BCUT2D eigenvalue weighted by Gasteiger charge is 2.19. The molecule has 1 amide bonds. The van der Waals surface area contributed by atoms with E-state index in [1.165, 1.54) is 11.6 Å². The average molecular weight is 250 g/mol. The summed E-state index contributed by atoms with van der Waals surface area (Å²) in [4.78, 5) is 13.6. The number of nitrogens with one attached hydrogen (secondary N) is 1. The number of carbonyl (C=O) groups is 1. The maximum Gasteiger partial charge on any atom is 0.243 e. The van der Waals surface area contributed by atoms with Crippen molar-refractivity contribution in [3.05, 3.63) is 35.0 Å². The molecule has 0 saturated carbocycles. The zero-order valence-electron chi connectivity index (χ0n) is 9.89. The van der Waals surface area contributed by atoms with Gasteiger partial charge in [0, 0.05) is 25.7 Å². The third-order valence-corrected chi connectivity index (χ3v) is 3.84. The molecule has 0 radical (unpaired) electrons. The lowest BCUT2D eigenvalue weighted by Crippen LogP contribution is -2.43. The summed E-state index contributed by atoms with van der Waals surface area (Å²) in [6.07, 6.45) is 3.41. The second-order valence-corrected chi connectivity index (χ2v) is 5.17. The Morgan fingerprint density at radius 3 is 2.94 bits per heavy atom. The van der Waals surface area contributed by atoms with Gasteiger partial charge in [0.2, 0.25) is 5.91 Å². The molecule has 1 aliphatic rings. The summed E-state index contributed by atoms with van der Waals surface area (Å²) >= 11 is 1.75. The van der Waals surface area contributed by atoms with Crippen LogP contribution < -0.4 is 5.32 Å². The van der Waals surface area contributed by atoms with Gasteiger partial charge in [-0.05, 0) is 41.3 Å². The van der Waals surface area contributed by atoms with E-state index in [2.05, 4.69) is 33.6 Å². The second-order valence-electron chi connectivity index (χ2n) is 4.39. The Hall–Kier alpha value is -1.13. The van der Waals surface area contributed by atoms with E-state index in [-0.39, 0.29) is 5.91 Å². The van der Waals surface area contributed by atoms with Crippen molar-refractivity contribution < 1.29 is 4.79 Å². The number of hydrogen-bond acceptors (Lipinski definition) is 3. The van der Waals surface area contributed by atoms with Gasteiger partial charge in [-0.1, -0.05) is 6.58 Å². The molecule has 3 nitrogen and oxygen atoms in total. The van der Waals surface area contributed by atoms with Crippen LogP contribution in [0.15, 0.2) is 29.5 Å². The van der Waals surface area contributed by atoms with Gasteiger partial charge in [-0.3, -0.25) is 9.69 Å². The van der Waals surface area contributed by atoms with Gasteiger partial charge in [0.1, 0.15) is 0 Å². The Morgan fingerprint density at radius 2 is 2.35 bits per heavy atom. The minimum Gasteiger partial charge on any atom is -0.350 e. The minimum absolute atomic E-state index is 0.0544. The van der Waals surface area contributed by atoms with Gasteiger partial charge in [0.05, 0.1) is 0 Å². The first kappa shape index (κ1) is 12.3. The molecule has 1 fully saturated rings. The standard InChI is InChI=1S/C13H18N2OS/c1-2-13(16)14-12-3-6-15(7-4-12)9-11-5-8-17-10-11/h2,5,8,10,12H,1,3-4,6-7,9H2,(H,14,16). The van der Waals surface area contributed by atoms with E-state index in [1.807, 2.05) is 0 Å². The highest BCUT2D eigenvalue weighted by Crippen LogP contribution is 2.15. The van der Waals surface area contributed by atoms with E-state index < -0.39 is 0 Å². The number of likely N-dealkylation sites (tertiary alicyclic amines) is 1. The highest BCUT2D eigenvalue weighted by atomic mass is 32.1. The number of nitrogens with zero attached hydrogens (tertiary/aromatic N) is 1. The van der Waals surface area contributed by atoms with Crippen LogP contribution >= 0.6 is 11.3 Å². The lowest BCUT2D eigenvalue weighted by molar-refractivity contribution is -0.117. The van der Waals surface area contributed by atoms with Crippen molar-refractivity contribution in [3.8, 4) is 0 Å². The normalized spacial score (nSPS) is 17.9. The van der Waals surface area contributed by atoms with Crippen molar-refractivity contribution in [1.29, 1.82) is 0 Å². The molecule has 0 unspecified atom stereocenters. The van der Waals surface area contributed by atoms with Crippen LogP contribution in [0.25, 0.3) is 0 Å². The van der Waals surface area contributed by atoms with Crippen LogP contribution in [0.4, 0.5) is 0 Å². The third-order valence-electron chi connectivity index (χ3n) is 3.11. The van der Waals surface area contributed by atoms with E-state index in [9.17, 15) is 4.79 Å². The lowest BCUT2D eigenvalue weighted by Gasteiger charge is -2.31. The highest BCUT2D eigenvalue weighted by molar-refractivity contribution is 7.07. The van der Waals surface area contributed by atoms with Crippen LogP contribution in [-0.4, -0.2) is 29.9 Å². The summed E-state index contributed by atoms with van der Waals surface area (Å²) in [5, 5.41) is 7.28. The monoisotopic (exact) mass is 250 g/mol. The molecule has 1 aromatic heterocycles. The molecule has 4 heteroatoms. The molecule has 0 aliphatic carbocycles. The van der Waals surface area contributed by atoms with Crippen LogP contribution in [0.5, 0.6) is 0 Å². The zero-order valence-corrected chi connectivity index (χ0v) is 10.7. The Labute approximate surface area is 106 Å². The Morgan fingerprint density at radius 1 is 1.59 bits per heavy atom. The molecule has 1 aliphatic heterocycles. The molecule has 2 rings (SSSR count). The van der Waals surface area contributed by atoms with E-state index in [4.69, 9.17) is 0 Å². The minimum atomic E-state index is -0.0544. The molecule has 1 aromatic rings. The molecule has 1 saturated heterocycles. The molecule has 17 heavy (non-hydrogen) atoms. The summed E-state index contributed by atoms with van der Waals surface area (Å²) in [5.74, 6) is -0.0544. The number of carbonyl (C=O) groups excluding carboxylic acids is 1. The van der Waals surface area contributed by atoms with E-state index in [0.717, 1.165) is 32.5 Å². The first-order chi connectivity index (χ1) is 8.28. The van der Waals surface area contributed by atoms with Crippen molar-refractivity contribution in [2.24, 2.45) is 0 Å². The maximum atomic E-state index is 11.2. The number of piperidine rings is 1. The molecular weight excluding hydrogens is 232 g/mol. The van der Waals surface area contributed by atoms with Gasteiger partial charge < -0.3 is 5.32 Å². The number of hydrogen-bond donors (Lipinski definition) is 1. The van der Waals surface area contributed by atoms with E-state index in [0.29, 0.717) is 6.04 Å². The van der Waals surface area contributed by atoms with E-state index >= 15 is 0 Å². The Kier molecular flexibility index (Phi) is 4.34. The van der Waals surface area contributed by atoms with Gasteiger partial charge in [-0.15, -0.1) is 0 Å². The van der Waals surface area contributed by atoms with Gasteiger partial charge in [-0.25, -0.2) is 0 Å². The number of amides is 1. The van der Waals surface area contributed by atoms with Crippen LogP contribution in [-0.2, 0) is 11.3 Å². The first-order valence-corrected chi connectivity index (χ1v) is 6.88. The number of thiophene rings is 1. The molecule has 0 spiro atoms. The summed E-state index contributed by atoms with van der Waals surface area (Å²) < 4.78 is 0. The SMILES string of the molecule is C=CC(=O)NC1CCN(Cc2ccsc2)CC1. The fourth-order valence-electron chi connectivity index (χ4n) is 2.14. The molecule has 1 N–H and O–H groups in total. The summed E-state index contributed by atoms with van der Waals surface area (Å²) in [7, 11) is 0. The summed E-state index contributed by atoms with van der Waals surface area (Å²) in [6.45, 7) is 6.61. The van der Waals surface area contributed by atoms with Gasteiger partial charge in [0.15, 0.2) is 0 Å². The molecule has 2 heterocycles. The molecular formula is C13H18N2OS. The van der Waals surface area contributed by atoms with Gasteiger partial charge in [0.25, 0.3) is 0 Å². The second kappa shape index (κ2) is 5.98. The predicted molar refractivity (Wildman–Crippen MR) is 71.0 cm³/mol. The van der Waals surface area contributed by atoms with Crippen molar-refractivity contribution >= 4 is 17.2 Å². The fourth-order valence-corrected chi connectivity index (χ4v) is 2.80. The topological polar surface area (TPSA) is 32.3 Å². The van der Waals surface area contributed by atoms with Crippen LogP contribution in [0.1, 0.15) is 18.4 Å². The molecule has 0 aromatic carbocycles. The quantitative estimate of drug-likeness (QED) is 0.829. The summed E-state index contributed by atoms with van der Waals surface area (Å²) in [6, 6.07) is 2.50. The Bertz CT molecular complexity index is 367. The predicted octanol–water partition coefficient (Wildman–Crippen LogP) is 2.01. The van der Waals surface area contributed by atoms with Crippen molar-refractivity contribution in [2.75, 3.05) is 13.1 Å². The van der Waals surface area contributed by atoms with Crippen LogP contribution in [0.3, 0.4) is 0 Å². The molecule has 92 valence electrons. The number of rotatable bonds is 4. The Balaban J connectivity index is 1.74. The van der Waals surface area contributed by atoms with Gasteiger partial charge in [-0.2, -0.15) is 11.3 Å². The molecule has 0 atom stereocenters. The summed E-state index contributed by atoms with van der Waals surface area (Å²) in [5.41, 5.74) is 1.39. The van der Waals surface area contributed by atoms with Crippen molar-refractivity contribution in [3.63, 3.8) is 0 Å². The van der Waals surface area contributed by atoms with Crippen LogP contribution in [0.2, 0.25) is 0 Å².